The minimum absolute atomic E-state index is 0.0628. The first-order valence-electron chi connectivity index (χ1n) is 9.12. The lowest BCUT2D eigenvalue weighted by molar-refractivity contribution is -0.137. The van der Waals surface area contributed by atoms with Crippen molar-refractivity contribution in [2.45, 2.75) is 12.7 Å². The summed E-state index contributed by atoms with van der Waals surface area (Å²) in [5.74, 6) is 0.128. The summed E-state index contributed by atoms with van der Waals surface area (Å²) in [4.78, 5) is 21.2. The largest absolute Gasteiger partial charge is 0.428 e. The molecule has 0 radical (unpaired) electrons. The summed E-state index contributed by atoms with van der Waals surface area (Å²) in [6.07, 6.45) is -1.57. The summed E-state index contributed by atoms with van der Waals surface area (Å²) >= 11 is 8.21. The van der Waals surface area contributed by atoms with Gasteiger partial charge in [-0.25, -0.2) is 9.97 Å². The number of fused-ring (bicyclic) bond motifs is 1. The van der Waals surface area contributed by atoms with E-state index >= 15 is 0 Å². The number of carbonyl (C=O) groups excluding carboxylic acids is 1. The normalized spacial score (nSPS) is 11.5. The standard InChI is InChI=1S/C21H13ClF3IN4O2/c22-17-16(20(31)29-14-5-3-13(4-6-14)21(23,24)25)9-27-19-18(17)28-11-30(19)10-12-1-7-15(32-26)8-2-12/h1-9,11H,10H2,(H,29,31). The third-order valence-electron chi connectivity index (χ3n) is 4.65. The van der Waals surface area contributed by atoms with E-state index in [9.17, 15) is 18.0 Å². The molecule has 2 aromatic carbocycles. The molecule has 2 aromatic heterocycles. The van der Waals surface area contributed by atoms with E-state index in [4.69, 9.17) is 14.7 Å². The minimum Gasteiger partial charge on any atom is -0.428 e. The van der Waals surface area contributed by atoms with Crippen LogP contribution >= 0.6 is 34.6 Å². The molecule has 4 rings (SSSR count). The van der Waals surface area contributed by atoms with Crippen LogP contribution in [0.5, 0.6) is 5.75 Å². The van der Waals surface area contributed by atoms with Crippen LogP contribution < -0.4 is 8.38 Å². The van der Waals surface area contributed by atoms with Crippen LogP contribution in [0, 0.1) is 0 Å². The number of pyridine rings is 1. The molecule has 6 nitrogen and oxygen atoms in total. The quantitative estimate of drug-likeness (QED) is 0.292. The highest BCUT2D eigenvalue weighted by atomic mass is 127. The van der Waals surface area contributed by atoms with E-state index in [1.165, 1.54) is 18.3 Å². The van der Waals surface area contributed by atoms with E-state index in [0.717, 1.165) is 23.4 Å². The highest BCUT2D eigenvalue weighted by Crippen LogP contribution is 2.30. The van der Waals surface area contributed by atoms with Gasteiger partial charge in [0.2, 0.25) is 0 Å². The number of anilines is 1. The van der Waals surface area contributed by atoms with Gasteiger partial charge in [-0.3, -0.25) is 4.79 Å². The van der Waals surface area contributed by atoms with Crippen LogP contribution in [-0.2, 0) is 12.7 Å². The Morgan fingerprint density at radius 1 is 1.09 bits per heavy atom. The molecular formula is C21H13ClF3IN4O2. The highest BCUT2D eigenvalue weighted by Gasteiger charge is 2.30. The predicted octanol–water partition coefficient (Wildman–Crippen LogP) is 6.13. The van der Waals surface area contributed by atoms with Gasteiger partial charge in [0.15, 0.2) is 28.7 Å². The van der Waals surface area contributed by atoms with Crippen LogP contribution in [0.3, 0.4) is 0 Å². The fourth-order valence-electron chi connectivity index (χ4n) is 3.03. The topological polar surface area (TPSA) is 69.0 Å². The molecule has 0 aliphatic rings. The van der Waals surface area contributed by atoms with Gasteiger partial charge in [0, 0.05) is 11.9 Å². The van der Waals surface area contributed by atoms with Crippen molar-refractivity contribution in [3.8, 4) is 5.75 Å². The Labute approximate surface area is 199 Å². The number of carbonyl (C=O) groups is 1. The molecule has 11 heteroatoms. The Kier molecular flexibility index (Phi) is 6.24. The first kappa shape index (κ1) is 22.3. The minimum atomic E-state index is -4.45. The van der Waals surface area contributed by atoms with E-state index in [1.807, 2.05) is 24.3 Å². The molecule has 1 N–H and O–H groups in total. The zero-order chi connectivity index (χ0) is 22.9. The monoisotopic (exact) mass is 572 g/mol. The van der Waals surface area contributed by atoms with Crippen molar-refractivity contribution in [1.82, 2.24) is 14.5 Å². The predicted molar refractivity (Wildman–Crippen MR) is 122 cm³/mol. The number of aromatic nitrogens is 3. The highest BCUT2D eigenvalue weighted by molar-refractivity contribution is 14.1. The molecule has 0 aliphatic heterocycles. The maximum Gasteiger partial charge on any atom is 0.416 e. The molecule has 0 aliphatic carbocycles. The van der Waals surface area contributed by atoms with Gasteiger partial charge >= 0.3 is 6.18 Å². The van der Waals surface area contributed by atoms with Gasteiger partial charge in [0.25, 0.3) is 5.91 Å². The lowest BCUT2D eigenvalue weighted by atomic mass is 10.2. The molecular weight excluding hydrogens is 560 g/mol. The fraction of sp³-hybridized carbons (Fsp3) is 0.0952. The Morgan fingerprint density at radius 2 is 1.78 bits per heavy atom. The summed E-state index contributed by atoms with van der Waals surface area (Å²) in [7, 11) is 0. The van der Waals surface area contributed by atoms with E-state index in [2.05, 4.69) is 15.3 Å². The SMILES string of the molecule is O=C(Nc1ccc(C(F)(F)F)cc1)c1cnc2c(ncn2Cc2ccc(OI)cc2)c1Cl. The van der Waals surface area contributed by atoms with Crippen molar-refractivity contribution in [2.75, 3.05) is 5.32 Å². The van der Waals surface area contributed by atoms with E-state index in [1.54, 1.807) is 33.9 Å². The number of benzene rings is 2. The molecule has 0 bridgehead atoms. The number of nitrogens with one attached hydrogen (secondary N) is 1. The first-order chi connectivity index (χ1) is 15.3. The summed E-state index contributed by atoms with van der Waals surface area (Å²) in [6, 6.07) is 11.6. The molecule has 0 atom stereocenters. The summed E-state index contributed by atoms with van der Waals surface area (Å²) < 4.78 is 45.0. The van der Waals surface area contributed by atoms with Crippen LogP contribution in [-0.4, -0.2) is 20.4 Å². The number of alkyl halides is 3. The van der Waals surface area contributed by atoms with E-state index < -0.39 is 17.6 Å². The number of imidazole rings is 1. The van der Waals surface area contributed by atoms with Crippen molar-refractivity contribution in [1.29, 1.82) is 0 Å². The van der Waals surface area contributed by atoms with Crippen molar-refractivity contribution >= 4 is 57.4 Å². The van der Waals surface area contributed by atoms with E-state index in [0.29, 0.717) is 17.7 Å². The Bertz CT molecular complexity index is 1280. The van der Waals surface area contributed by atoms with Crippen LogP contribution in [0.4, 0.5) is 18.9 Å². The molecule has 32 heavy (non-hydrogen) atoms. The van der Waals surface area contributed by atoms with Crippen molar-refractivity contribution < 1.29 is 21.0 Å². The van der Waals surface area contributed by atoms with Gasteiger partial charge in [0.1, 0.15) is 11.3 Å². The number of hydrogen-bond acceptors (Lipinski definition) is 4. The Hall–Kier alpha value is -2.86. The second-order valence-electron chi connectivity index (χ2n) is 6.78. The van der Waals surface area contributed by atoms with Gasteiger partial charge in [-0.05, 0) is 42.0 Å². The third-order valence-corrected chi connectivity index (χ3v) is 5.54. The maximum absolute atomic E-state index is 12.7. The maximum atomic E-state index is 12.7. The fourth-order valence-corrected chi connectivity index (χ4v) is 3.60. The van der Waals surface area contributed by atoms with Gasteiger partial charge < -0.3 is 13.0 Å². The molecule has 164 valence electrons. The number of hydrogen-bond donors (Lipinski definition) is 1. The van der Waals surface area contributed by atoms with Gasteiger partial charge in [-0.15, -0.1) is 0 Å². The zero-order valence-electron chi connectivity index (χ0n) is 16.0. The number of halogens is 5. The smallest absolute Gasteiger partial charge is 0.416 e. The van der Waals surface area contributed by atoms with Crippen molar-refractivity contribution in [3.05, 3.63) is 82.8 Å². The average Bonchev–Trinajstić information content (AvgIpc) is 3.18. The number of amides is 1. The number of nitrogens with zero attached hydrogens (tertiary/aromatic N) is 3. The summed E-state index contributed by atoms with van der Waals surface area (Å²) in [5.41, 5.74) is 1.29. The van der Waals surface area contributed by atoms with Crippen LogP contribution in [0.25, 0.3) is 11.2 Å². The third kappa shape index (κ3) is 4.65. The Balaban J connectivity index is 1.55. The van der Waals surface area contributed by atoms with Crippen molar-refractivity contribution in [2.24, 2.45) is 0 Å². The molecule has 0 saturated carbocycles. The Morgan fingerprint density at radius 3 is 2.41 bits per heavy atom. The van der Waals surface area contributed by atoms with Crippen LogP contribution in [0.2, 0.25) is 5.02 Å². The van der Waals surface area contributed by atoms with Crippen LogP contribution in [0.1, 0.15) is 21.5 Å². The first-order valence-corrected chi connectivity index (χ1v) is 10.4. The second kappa shape index (κ2) is 8.94. The summed E-state index contributed by atoms with van der Waals surface area (Å²) in [6.45, 7) is 0.485. The lowest BCUT2D eigenvalue weighted by Crippen LogP contribution is -2.13. The number of rotatable bonds is 5. The average molecular weight is 573 g/mol. The van der Waals surface area contributed by atoms with Gasteiger partial charge in [-0.1, -0.05) is 23.7 Å². The lowest BCUT2D eigenvalue weighted by Gasteiger charge is -2.10. The van der Waals surface area contributed by atoms with Crippen molar-refractivity contribution in [3.63, 3.8) is 0 Å². The van der Waals surface area contributed by atoms with Gasteiger partial charge in [-0.2, -0.15) is 13.2 Å². The molecule has 0 saturated heterocycles. The molecule has 0 spiro atoms. The molecule has 0 fully saturated rings. The second-order valence-corrected chi connectivity index (χ2v) is 7.60. The zero-order valence-corrected chi connectivity index (χ0v) is 18.9. The molecule has 4 aromatic rings. The summed E-state index contributed by atoms with van der Waals surface area (Å²) in [5, 5.41) is 2.63. The van der Waals surface area contributed by atoms with Crippen LogP contribution in [0.15, 0.2) is 61.1 Å². The van der Waals surface area contributed by atoms with Gasteiger partial charge in [0.05, 0.1) is 29.0 Å². The van der Waals surface area contributed by atoms with E-state index in [-0.39, 0.29) is 16.3 Å². The molecule has 1 amide bonds. The molecule has 0 unspecified atom stereocenters. The molecule has 2 heterocycles.